The van der Waals surface area contributed by atoms with Gasteiger partial charge in [0, 0.05) is 24.4 Å². The van der Waals surface area contributed by atoms with Gasteiger partial charge in [-0.3, -0.25) is 14.3 Å². The molecule has 128 valence electrons. The predicted octanol–water partition coefficient (Wildman–Crippen LogP) is 1.71. The number of carbonyl (C=O) groups excluding carboxylic acids is 2. The maximum absolute atomic E-state index is 11.9. The van der Waals surface area contributed by atoms with E-state index >= 15 is 0 Å². The average Bonchev–Trinajstić information content (AvgIpc) is 3.03. The number of hydrogen-bond donors (Lipinski definition) is 2. The number of benzene rings is 1. The van der Waals surface area contributed by atoms with E-state index in [4.69, 9.17) is 0 Å². The number of rotatable bonds is 6. The Morgan fingerprint density at radius 2 is 1.79 bits per heavy atom. The van der Waals surface area contributed by atoms with Gasteiger partial charge in [0.25, 0.3) is 0 Å². The first-order chi connectivity index (χ1) is 11.4. The van der Waals surface area contributed by atoms with Crippen LogP contribution in [-0.2, 0) is 22.7 Å². The lowest BCUT2D eigenvalue weighted by Gasteiger charge is -2.17. The zero-order valence-corrected chi connectivity index (χ0v) is 14.4. The van der Waals surface area contributed by atoms with Crippen LogP contribution in [0, 0.1) is 5.41 Å². The number of hydrogen-bond acceptors (Lipinski definition) is 3. The molecule has 2 aromatic rings. The third-order valence-corrected chi connectivity index (χ3v) is 3.58. The molecule has 0 saturated carbocycles. The van der Waals surface area contributed by atoms with Crippen molar-refractivity contribution in [1.82, 2.24) is 20.4 Å². The molecule has 0 saturated heterocycles. The number of amides is 2. The average molecular weight is 328 g/mol. The topological polar surface area (TPSA) is 76.0 Å². The summed E-state index contributed by atoms with van der Waals surface area (Å²) >= 11 is 0. The quantitative estimate of drug-likeness (QED) is 0.847. The predicted molar refractivity (Wildman–Crippen MR) is 92.1 cm³/mol. The van der Waals surface area contributed by atoms with Crippen LogP contribution in [0.15, 0.2) is 42.7 Å². The van der Waals surface area contributed by atoms with Crippen LogP contribution in [0.25, 0.3) is 0 Å². The highest BCUT2D eigenvalue weighted by Crippen LogP contribution is 2.12. The van der Waals surface area contributed by atoms with E-state index < -0.39 is 5.41 Å². The van der Waals surface area contributed by atoms with Crippen LogP contribution in [0.5, 0.6) is 0 Å². The minimum absolute atomic E-state index is 0.0164. The molecule has 2 rings (SSSR count). The maximum Gasteiger partial charge on any atom is 0.239 e. The molecule has 0 aliphatic rings. The molecule has 0 aliphatic carbocycles. The van der Waals surface area contributed by atoms with Gasteiger partial charge in [-0.05, 0) is 17.2 Å². The molecule has 6 heteroatoms. The van der Waals surface area contributed by atoms with E-state index in [1.54, 1.807) is 6.20 Å². The van der Waals surface area contributed by atoms with Crippen molar-refractivity contribution in [3.63, 3.8) is 0 Å². The summed E-state index contributed by atoms with van der Waals surface area (Å²) in [6, 6.07) is 9.78. The molecule has 24 heavy (non-hydrogen) atoms. The molecule has 1 aromatic carbocycles. The Morgan fingerprint density at radius 1 is 1.08 bits per heavy atom. The Hall–Kier alpha value is -2.63. The third kappa shape index (κ3) is 5.22. The largest absolute Gasteiger partial charge is 0.350 e. The Morgan fingerprint density at radius 3 is 2.42 bits per heavy atom. The second-order valence-corrected chi connectivity index (χ2v) is 6.68. The van der Waals surface area contributed by atoms with Crippen molar-refractivity contribution in [2.45, 2.75) is 33.9 Å². The van der Waals surface area contributed by atoms with Gasteiger partial charge in [0.1, 0.15) is 0 Å². The van der Waals surface area contributed by atoms with Gasteiger partial charge in [-0.15, -0.1) is 0 Å². The molecule has 0 unspecified atom stereocenters. The minimum Gasteiger partial charge on any atom is -0.350 e. The summed E-state index contributed by atoms with van der Waals surface area (Å²) in [4.78, 5) is 23.7. The van der Waals surface area contributed by atoms with E-state index in [9.17, 15) is 9.59 Å². The lowest BCUT2D eigenvalue weighted by atomic mass is 9.96. The van der Waals surface area contributed by atoms with Crippen molar-refractivity contribution in [3.05, 3.63) is 53.9 Å². The van der Waals surface area contributed by atoms with Crippen LogP contribution < -0.4 is 10.6 Å². The Balaban J connectivity index is 1.88. The minimum atomic E-state index is -0.503. The first-order valence-electron chi connectivity index (χ1n) is 7.95. The van der Waals surface area contributed by atoms with Crippen LogP contribution >= 0.6 is 0 Å². The summed E-state index contributed by atoms with van der Waals surface area (Å²) in [5.74, 6) is -0.349. The number of nitrogens with one attached hydrogen (secondary N) is 2. The summed E-state index contributed by atoms with van der Waals surface area (Å²) in [6.45, 7) is 6.49. The standard InChI is InChI=1S/C18H24N4O2/c1-18(2,3)17(24)20-12-16(23)19-11-14-7-4-5-8-15(14)13-22-10-6-9-21-22/h4-10H,11-13H2,1-3H3,(H,19,23)(H,20,24). The first kappa shape index (κ1) is 17.7. The van der Waals surface area contributed by atoms with E-state index in [-0.39, 0.29) is 18.4 Å². The second kappa shape index (κ2) is 7.77. The van der Waals surface area contributed by atoms with E-state index in [1.165, 1.54) is 0 Å². The molecule has 0 fully saturated rings. The molecule has 0 radical (unpaired) electrons. The third-order valence-electron chi connectivity index (χ3n) is 3.58. The van der Waals surface area contributed by atoms with Gasteiger partial charge < -0.3 is 10.6 Å². The van der Waals surface area contributed by atoms with Gasteiger partial charge in [0.2, 0.25) is 11.8 Å². The highest BCUT2D eigenvalue weighted by Gasteiger charge is 2.21. The molecular formula is C18H24N4O2. The second-order valence-electron chi connectivity index (χ2n) is 6.68. The highest BCUT2D eigenvalue weighted by atomic mass is 16.2. The van der Waals surface area contributed by atoms with E-state index in [2.05, 4.69) is 15.7 Å². The fourth-order valence-electron chi connectivity index (χ4n) is 2.13. The van der Waals surface area contributed by atoms with Crippen molar-refractivity contribution in [2.24, 2.45) is 5.41 Å². The van der Waals surface area contributed by atoms with E-state index in [0.29, 0.717) is 13.1 Å². The lowest BCUT2D eigenvalue weighted by Crippen LogP contribution is -2.41. The van der Waals surface area contributed by atoms with Gasteiger partial charge in [0.15, 0.2) is 0 Å². The summed E-state index contributed by atoms with van der Waals surface area (Å²) in [7, 11) is 0. The monoisotopic (exact) mass is 328 g/mol. The molecule has 0 spiro atoms. The molecular weight excluding hydrogens is 304 g/mol. The van der Waals surface area contributed by atoms with Crippen LogP contribution in [0.3, 0.4) is 0 Å². The molecule has 2 amide bonds. The van der Waals surface area contributed by atoms with Crippen molar-refractivity contribution in [3.8, 4) is 0 Å². The van der Waals surface area contributed by atoms with Gasteiger partial charge in [-0.1, -0.05) is 45.0 Å². The Bertz CT molecular complexity index is 687. The SMILES string of the molecule is CC(C)(C)C(=O)NCC(=O)NCc1ccccc1Cn1cccn1. The Labute approximate surface area is 142 Å². The molecule has 0 atom stereocenters. The smallest absolute Gasteiger partial charge is 0.239 e. The van der Waals surface area contributed by atoms with E-state index in [1.807, 2.05) is 62.0 Å². The number of nitrogens with zero attached hydrogens (tertiary/aromatic N) is 2. The molecule has 0 bridgehead atoms. The molecule has 2 N–H and O–H groups in total. The highest BCUT2D eigenvalue weighted by molar-refractivity contribution is 5.87. The zero-order valence-electron chi connectivity index (χ0n) is 14.4. The Kier molecular flexibility index (Phi) is 5.73. The van der Waals surface area contributed by atoms with Crippen molar-refractivity contribution < 1.29 is 9.59 Å². The van der Waals surface area contributed by atoms with Crippen LogP contribution in [-0.4, -0.2) is 28.1 Å². The normalized spacial score (nSPS) is 11.1. The fraction of sp³-hybridized carbons (Fsp3) is 0.389. The lowest BCUT2D eigenvalue weighted by molar-refractivity contribution is -0.131. The van der Waals surface area contributed by atoms with E-state index in [0.717, 1.165) is 11.1 Å². The molecule has 6 nitrogen and oxygen atoms in total. The fourth-order valence-corrected chi connectivity index (χ4v) is 2.13. The summed E-state index contributed by atoms with van der Waals surface area (Å²) in [5.41, 5.74) is 1.63. The van der Waals surface area contributed by atoms with Crippen LogP contribution in [0.1, 0.15) is 31.9 Å². The number of aromatic nitrogens is 2. The summed E-state index contributed by atoms with van der Waals surface area (Å²) in [5, 5.41) is 9.69. The maximum atomic E-state index is 11.9. The van der Waals surface area contributed by atoms with Gasteiger partial charge in [-0.2, -0.15) is 5.10 Å². The summed E-state index contributed by atoms with van der Waals surface area (Å²) < 4.78 is 1.84. The van der Waals surface area contributed by atoms with Crippen LogP contribution in [0.4, 0.5) is 0 Å². The zero-order chi connectivity index (χ0) is 17.6. The molecule has 1 aromatic heterocycles. The molecule has 0 aliphatic heterocycles. The molecule has 1 heterocycles. The van der Waals surface area contributed by atoms with Crippen molar-refractivity contribution in [2.75, 3.05) is 6.54 Å². The van der Waals surface area contributed by atoms with Crippen molar-refractivity contribution in [1.29, 1.82) is 0 Å². The van der Waals surface area contributed by atoms with Gasteiger partial charge in [0.05, 0.1) is 13.1 Å². The van der Waals surface area contributed by atoms with Gasteiger partial charge >= 0.3 is 0 Å². The van der Waals surface area contributed by atoms with Crippen molar-refractivity contribution >= 4 is 11.8 Å². The van der Waals surface area contributed by atoms with Crippen LogP contribution in [0.2, 0.25) is 0 Å². The summed E-state index contributed by atoms with van der Waals surface area (Å²) in [6.07, 6.45) is 3.64. The number of carbonyl (C=O) groups is 2. The van der Waals surface area contributed by atoms with Gasteiger partial charge in [-0.25, -0.2) is 0 Å². The first-order valence-corrected chi connectivity index (χ1v) is 7.95.